The van der Waals surface area contributed by atoms with Gasteiger partial charge in [0.2, 0.25) is 5.13 Å². The van der Waals surface area contributed by atoms with Gasteiger partial charge in [0.1, 0.15) is 10.9 Å². The van der Waals surface area contributed by atoms with Crippen LogP contribution in [0.15, 0.2) is 24.5 Å². The lowest BCUT2D eigenvalue weighted by molar-refractivity contribution is 0.102. The van der Waals surface area contributed by atoms with E-state index in [0.29, 0.717) is 46.0 Å². The standard InChI is InChI=1S/C21H22ClN5O4S/c1-12-6-13(14-7-17(22)24-9-16(14)29-3)15(8-23-12)18(28)25-19-26-27-20(32-19)31-11-21(2)4-5-30-10-21/h6-9H,4-5,10-11H2,1-3H3,(H,25,26,28). The number of hydrogen-bond acceptors (Lipinski definition) is 9. The predicted molar refractivity (Wildman–Crippen MR) is 121 cm³/mol. The van der Waals surface area contributed by atoms with E-state index in [2.05, 4.69) is 32.4 Å². The van der Waals surface area contributed by atoms with Crippen LogP contribution in [0.25, 0.3) is 11.1 Å². The fraction of sp³-hybridized carbons (Fsp3) is 0.381. The molecule has 0 aliphatic carbocycles. The lowest BCUT2D eigenvalue weighted by Gasteiger charge is -2.20. The topological polar surface area (TPSA) is 108 Å². The minimum Gasteiger partial charge on any atom is -0.494 e. The molecule has 1 N–H and O–H groups in total. The largest absolute Gasteiger partial charge is 0.494 e. The molecule has 1 aliphatic rings. The van der Waals surface area contributed by atoms with Crippen LogP contribution in [0.5, 0.6) is 10.9 Å². The normalized spacial score (nSPS) is 17.9. The van der Waals surface area contributed by atoms with Crippen molar-refractivity contribution in [1.29, 1.82) is 0 Å². The number of amides is 1. The molecule has 4 heterocycles. The number of pyridine rings is 2. The number of hydrogen-bond donors (Lipinski definition) is 1. The third-order valence-electron chi connectivity index (χ3n) is 5.10. The Balaban J connectivity index is 1.54. The van der Waals surface area contributed by atoms with Crippen LogP contribution in [0.2, 0.25) is 5.15 Å². The predicted octanol–water partition coefficient (Wildman–Crippen LogP) is 4.02. The summed E-state index contributed by atoms with van der Waals surface area (Å²) in [5.41, 5.74) is 2.29. The van der Waals surface area contributed by atoms with Gasteiger partial charge in [0.05, 0.1) is 32.1 Å². The SMILES string of the molecule is COc1cnc(Cl)cc1-c1cc(C)ncc1C(=O)Nc1nnc(OCC2(C)CCOC2)s1. The summed E-state index contributed by atoms with van der Waals surface area (Å²) in [6.45, 7) is 5.81. The van der Waals surface area contributed by atoms with Crippen molar-refractivity contribution < 1.29 is 19.0 Å². The van der Waals surface area contributed by atoms with E-state index in [1.165, 1.54) is 19.5 Å². The molecule has 4 rings (SSSR count). The first-order chi connectivity index (χ1) is 15.4. The van der Waals surface area contributed by atoms with Crippen molar-refractivity contribution in [3.05, 3.63) is 40.9 Å². The quantitative estimate of drug-likeness (QED) is 0.510. The van der Waals surface area contributed by atoms with Crippen LogP contribution in [0.1, 0.15) is 29.4 Å². The molecule has 1 amide bonds. The van der Waals surface area contributed by atoms with Crippen molar-refractivity contribution in [2.45, 2.75) is 20.3 Å². The number of carbonyl (C=O) groups excluding carboxylic acids is 1. The highest BCUT2D eigenvalue weighted by molar-refractivity contribution is 7.17. The molecular formula is C21H22ClN5O4S. The molecule has 0 spiro atoms. The van der Waals surface area contributed by atoms with E-state index in [9.17, 15) is 4.79 Å². The minimum absolute atomic E-state index is 0.0393. The van der Waals surface area contributed by atoms with E-state index in [1.54, 1.807) is 12.1 Å². The maximum absolute atomic E-state index is 13.1. The number of rotatable bonds is 7. The molecule has 0 radical (unpaired) electrons. The monoisotopic (exact) mass is 475 g/mol. The van der Waals surface area contributed by atoms with Gasteiger partial charge in [0.25, 0.3) is 11.1 Å². The van der Waals surface area contributed by atoms with Crippen LogP contribution in [0.3, 0.4) is 0 Å². The van der Waals surface area contributed by atoms with Crippen LogP contribution in [0.4, 0.5) is 5.13 Å². The zero-order valence-electron chi connectivity index (χ0n) is 17.8. The maximum atomic E-state index is 13.1. The number of ether oxygens (including phenoxy) is 3. The van der Waals surface area contributed by atoms with E-state index in [1.807, 2.05) is 6.92 Å². The highest BCUT2D eigenvalue weighted by Crippen LogP contribution is 2.35. The van der Waals surface area contributed by atoms with Gasteiger partial charge in [0.15, 0.2) is 0 Å². The zero-order chi connectivity index (χ0) is 22.7. The van der Waals surface area contributed by atoms with Crippen molar-refractivity contribution >= 4 is 34.0 Å². The van der Waals surface area contributed by atoms with Gasteiger partial charge in [-0.1, -0.05) is 23.6 Å². The van der Waals surface area contributed by atoms with Crippen molar-refractivity contribution in [2.75, 3.05) is 32.2 Å². The number of halogens is 1. The van der Waals surface area contributed by atoms with Crippen LogP contribution >= 0.6 is 22.9 Å². The number of methoxy groups -OCH3 is 1. The summed E-state index contributed by atoms with van der Waals surface area (Å²) in [7, 11) is 1.53. The van der Waals surface area contributed by atoms with Crippen molar-refractivity contribution in [2.24, 2.45) is 5.41 Å². The van der Waals surface area contributed by atoms with Gasteiger partial charge in [-0.3, -0.25) is 15.1 Å². The molecule has 1 unspecified atom stereocenters. The Morgan fingerprint density at radius 1 is 1.28 bits per heavy atom. The van der Waals surface area contributed by atoms with Gasteiger partial charge >= 0.3 is 0 Å². The summed E-state index contributed by atoms with van der Waals surface area (Å²) < 4.78 is 16.6. The summed E-state index contributed by atoms with van der Waals surface area (Å²) in [5, 5.41) is 11.8. The summed E-state index contributed by atoms with van der Waals surface area (Å²) in [4.78, 5) is 21.4. The van der Waals surface area contributed by atoms with Crippen LogP contribution in [-0.2, 0) is 4.74 Å². The molecule has 32 heavy (non-hydrogen) atoms. The summed E-state index contributed by atoms with van der Waals surface area (Å²) in [6.07, 6.45) is 3.95. The summed E-state index contributed by atoms with van der Waals surface area (Å²) in [6, 6.07) is 3.44. The Kier molecular flexibility index (Phi) is 6.54. The minimum atomic E-state index is -0.388. The van der Waals surface area contributed by atoms with Crippen LogP contribution in [0, 0.1) is 12.3 Å². The van der Waals surface area contributed by atoms with E-state index >= 15 is 0 Å². The Bertz CT molecular complexity index is 1130. The summed E-state index contributed by atoms with van der Waals surface area (Å²) in [5.74, 6) is 0.103. The van der Waals surface area contributed by atoms with Crippen molar-refractivity contribution in [3.8, 4) is 22.1 Å². The van der Waals surface area contributed by atoms with Gasteiger partial charge in [0, 0.05) is 35.0 Å². The fourth-order valence-electron chi connectivity index (χ4n) is 3.30. The molecule has 11 heteroatoms. The molecule has 1 saturated heterocycles. The Hall–Kier alpha value is -2.82. The maximum Gasteiger partial charge on any atom is 0.295 e. The second kappa shape index (κ2) is 9.35. The van der Waals surface area contributed by atoms with E-state index in [4.69, 9.17) is 25.8 Å². The van der Waals surface area contributed by atoms with Crippen molar-refractivity contribution in [1.82, 2.24) is 20.2 Å². The molecule has 0 aromatic carbocycles. The average molecular weight is 476 g/mol. The number of anilines is 1. The van der Waals surface area contributed by atoms with Crippen LogP contribution < -0.4 is 14.8 Å². The molecule has 0 saturated carbocycles. The first kappa shape index (κ1) is 22.4. The van der Waals surface area contributed by atoms with Gasteiger partial charge in [-0.2, -0.15) is 0 Å². The van der Waals surface area contributed by atoms with Gasteiger partial charge in [-0.05, 0) is 36.8 Å². The first-order valence-corrected chi connectivity index (χ1v) is 11.1. The second-order valence-electron chi connectivity index (χ2n) is 7.81. The third-order valence-corrected chi connectivity index (χ3v) is 6.06. The van der Waals surface area contributed by atoms with Crippen LogP contribution in [-0.4, -0.2) is 53.0 Å². The van der Waals surface area contributed by atoms with Gasteiger partial charge in [-0.15, -0.1) is 5.10 Å². The number of carbonyl (C=O) groups is 1. The zero-order valence-corrected chi connectivity index (χ0v) is 19.4. The molecule has 0 bridgehead atoms. The Morgan fingerprint density at radius 3 is 2.88 bits per heavy atom. The van der Waals surface area contributed by atoms with Crippen molar-refractivity contribution in [3.63, 3.8) is 0 Å². The van der Waals surface area contributed by atoms with E-state index in [-0.39, 0.29) is 16.5 Å². The lowest BCUT2D eigenvalue weighted by atomic mass is 9.91. The Labute approximate surface area is 194 Å². The first-order valence-electron chi connectivity index (χ1n) is 9.89. The van der Waals surface area contributed by atoms with E-state index in [0.717, 1.165) is 30.1 Å². The summed E-state index contributed by atoms with van der Waals surface area (Å²) >= 11 is 7.25. The fourth-order valence-corrected chi connectivity index (χ4v) is 4.04. The number of aryl methyl sites for hydroxylation is 1. The molecule has 3 aromatic rings. The number of nitrogens with one attached hydrogen (secondary N) is 1. The van der Waals surface area contributed by atoms with Gasteiger partial charge in [-0.25, -0.2) is 4.98 Å². The average Bonchev–Trinajstić information content (AvgIpc) is 3.41. The number of aromatic nitrogens is 4. The molecular weight excluding hydrogens is 454 g/mol. The smallest absolute Gasteiger partial charge is 0.295 e. The lowest BCUT2D eigenvalue weighted by Crippen LogP contribution is -2.25. The molecule has 3 aromatic heterocycles. The molecule has 168 valence electrons. The van der Waals surface area contributed by atoms with Gasteiger partial charge < -0.3 is 14.2 Å². The molecule has 1 aliphatic heterocycles. The Morgan fingerprint density at radius 2 is 2.12 bits per heavy atom. The molecule has 1 atom stereocenters. The highest BCUT2D eigenvalue weighted by Gasteiger charge is 2.31. The highest BCUT2D eigenvalue weighted by atomic mass is 35.5. The molecule has 9 nitrogen and oxygen atoms in total. The third kappa shape index (κ3) is 4.98. The second-order valence-corrected chi connectivity index (χ2v) is 9.14. The van der Waals surface area contributed by atoms with E-state index < -0.39 is 0 Å². The molecule has 1 fully saturated rings. The number of nitrogens with zero attached hydrogens (tertiary/aromatic N) is 4.